The summed E-state index contributed by atoms with van der Waals surface area (Å²) in [6, 6.07) is 0. The third-order valence-electron chi connectivity index (χ3n) is 12.9. The number of phosphoric ester groups is 1. The van der Waals surface area contributed by atoms with Gasteiger partial charge in [-0.2, -0.15) is 0 Å². The number of aliphatic hydroxyl groups excluding tert-OH is 1. The van der Waals surface area contributed by atoms with Gasteiger partial charge in [-0.15, -0.1) is 0 Å². The molecule has 0 saturated heterocycles. The van der Waals surface area contributed by atoms with Gasteiger partial charge in [-0.05, 0) is 83.5 Å². The van der Waals surface area contributed by atoms with E-state index in [0.29, 0.717) is 19.3 Å². The summed E-state index contributed by atoms with van der Waals surface area (Å²) in [5, 5.41) is 9.78. The molecule has 11 nitrogen and oxygen atoms in total. The molecule has 0 aromatic heterocycles. The van der Waals surface area contributed by atoms with E-state index in [-0.39, 0.29) is 25.9 Å². The maximum Gasteiger partial charge on any atom is 0.472 e. The maximum atomic E-state index is 12.9. The molecule has 0 amide bonds. The van der Waals surface area contributed by atoms with Gasteiger partial charge in [0.1, 0.15) is 12.7 Å². The molecular weight excluding hydrogens is 952 g/mol. The molecule has 0 aliphatic carbocycles. The second-order valence-electron chi connectivity index (χ2n) is 20.1. The zero-order valence-corrected chi connectivity index (χ0v) is 48.5. The highest BCUT2D eigenvalue weighted by Gasteiger charge is 2.28. The van der Waals surface area contributed by atoms with Crippen molar-refractivity contribution in [1.82, 2.24) is 0 Å². The fourth-order valence-electron chi connectivity index (χ4n) is 8.34. The van der Waals surface area contributed by atoms with E-state index >= 15 is 0 Å². The van der Waals surface area contributed by atoms with Crippen LogP contribution in [0, 0.1) is 0 Å². The molecule has 0 heterocycles. The topological polar surface area (TPSA) is 155 Å². The Morgan fingerprint density at radius 1 is 0.392 bits per heavy atom. The normalized spacial score (nSPS) is 13.7. The summed E-state index contributed by atoms with van der Waals surface area (Å²) in [7, 11) is -4.75. The standard InChI is InChI=1S/C62H111O11P/c1-4-7-10-13-16-19-21-23-25-27-29-31-33-35-37-40-42-45-48-51-60(64)69-55-59(57-71-74(67,68)70-56-58(54-63)72-61(65)52-49-46-43-39-18-15-12-9-6-3)73-62(66)53-50-47-44-41-38-36-34-32-30-28-26-24-22-20-17-14-11-8-5-2/h7,10,16,19,23-26,29,31,58-59,63H,4-6,8-9,11-15,17-18,20-22,27-28,30,32-57H2,1-3H3,(H,67,68)/b10-7-,19-16-,25-23-,26-24-,31-29-. The molecule has 2 N–H and O–H groups in total. The smallest absolute Gasteiger partial charge is 0.462 e. The first-order valence-electron chi connectivity index (χ1n) is 30.2. The van der Waals surface area contributed by atoms with E-state index in [4.69, 9.17) is 23.3 Å². The maximum absolute atomic E-state index is 12.9. The molecule has 0 aliphatic heterocycles. The van der Waals surface area contributed by atoms with Crippen LogP contribution in [0.15, 0.2) is 60.8 Å². The molecule has 12 heteroatoms. The van der Waals surface area contributed by atoms with Crippen molar-refractivity contribution in [2.24, 2.45) is 0 Å². The molecule has 0 saturated carbocycles. The molecule has 0 aliphatic rings. The highest BCUT2D eigenvalue weighted by atomic mass is 31.2. The zero-order valence-electron chi connectivity index (χ0n) is 47.6. The lowest BCUT2D eigenvalue weighted by Gasteiger charge is -2.21. The number of rotatable bonds is 56. The van der Waals surface area contributed by atoms with E-state index in [1.165, 1.54) is 116 Å². The van der Waals surface area contributed by atoms with E-state index in [1.54, 1.807) is 0 Å². The number of hydrogen-bond acceptors (Lipinski definition) is 10. The summed E-state index contributed by atoms with van der Waals surface area (Å²) in [5.74, 6) is -1.47. The Labute approximate surface area is 453 Å². The lowest BCUT2D eigenvalue weighted by molar-refractivity contribution is -0.161. The van der Waals surface area contributed by atoms with Crippen LogP contribution in [0.25, 0.3) is 0 Å². The van der Waals surface area contributed by atoms with E-state index in [0.717, 1.165) is 103 Å². The number of hydrogen-bond donors (Lipinski definition) is 2. The molecule has 0 bridgehead atoms. The van der Waals surface area contributed by atoms with Crippen LogP contribution in [0.4, 0.5) is 0 Å². The summed E-state index contributed by atoms with van der Waals surface area (Å²) in [5.41, 5.74) is 0. The minimum absolute atomic E-state index is 0.163. The molecule has 430 valence electrons. The van der Waals surface area contributed by atoms with Crippen LogP contribution in [0.1, 0.15) is 278 Å². The van der Waals surface area contributed by atoms with E-state index in [1.807, 2.05) is 0 Å². The van der Waals surface area contributed by atoms with E-state index < -0.39 is 57.8 Å². The predicted molar refractivity (Wildman–Crippen MR) is 307 cm³/mol. The molecule has 3 atom stereocenters. The van der Waals surface area contributed by atoms with Crippen LogP contribution < -0.4 is 0 Å². The fraction of sp³-hybridized carbons (Fsp3) is 0.790. The number of carbonyl (C=O) groups is 3. The van der Waals surface area contributed by atoms with Crippen LogP contribution in [0.3, 0.4) is 0 Å². The molecule has 3 unspecified atom stereocenters. The molecule has 0 fully saturated rings. The highest BCUT2D eigenvalue weighted by molar-refractivity contribution is 7.47. The zero-order chi connectivity index (χ0) is 54.1. The molecule has 0 aromatic rings. The fourth-order valence-corrected chi connectivity index (χ4v) is 9.13. The molecule has 0 aromatic carbocycles. The first kappa shape index (κ1) is 71.2. The summed E-state index contributed by atoms with van der Waals surface area (Å²) in [6.45, 7) is 4.51. The van der Waals surface area contributed by atoms with Crippen molar-refractivity contribution in [3.63, 3.8) is 0 Å². The van der Waals surface area contributed by atoms with Gasteiger partial charge in [0.15, 0.2) is 6.10 Å². The number of esters is 3. The number of phosphoric acid groups is 1. The number of ether oxygens (including phenoxy) is 3. The monoisotopic (exact) mass is 1060 g/mol. The quantitative estimate of drug-likeness (QED) is 0.0197. The second-order valence-corrected chi connectivity index (χ2v) is 21.6. The summed E-state index contributed by atoms with van der Waals surface area (Å²) >= 11 is 0. The minimum atomic E-state index is -4.75. The van der Waals surface area contributed by atoms with Crippen LogP contribution in [0.5, 0.6) is 0 Å². The Morgan fingerprint density at radius 2 is 0.703 bits per heavy atom. The van der Waals surface area contributed by atoms with Crippen LogP contribution in [-0.4, -0.2) is 66.5 Å². The van der Waals surface area contributed by atoms with Gasteiger partial charge < -0.3 is 24.2 Å². The molecular formula is C62H111O11P. The number of aliphatic hydroxyl groups is 1. The average Bonchev–Trinajstić information content (AvgIpc) is 3.39. The SMILES string of the molecule is CC/C=C\C/C=C\C/C=C\C/C=C\CCCCCCCCC(=O)OCC(COP(=O)(O)OCC(CO)OC(=O)CCCCCCCCCCC)OC(=O)CCCCCCCCCCC/C=C\CCCCCCCC. The van der Waals surface area contributed by atoms with Gasteiger partial charge in [0.05, 0.1) is 19.8 Å². The number of allylic oxidation sites excluding steroid dienone is 10. The van der Waals surface area contributed by atoms with Crippen molar-refractivity contribution >= 4 is 25.7 Å². The second kappa shape index (κ2) is 56.4. The molecule has 0 rings (SSSR count). The highest BCUT2D eigenvalue weighted by Crippen LogP contribution is 2.43. The van der Waals surface area contributed by atoms with Gasteiger partial charge >= 0.3 is 25.7 Å². The van der Waals surface area contributed by atoms with E-state index in [9.17, 15) is 28.9 Å². The Balaban J connectivity index is 4.70. The Morgan fingerprint density at radius 3 is 1.09 bits per heavy atom. The molecule has 74 heavy (non-hydrogen) atoms. The van der Waals surface area contributed by atoms with Crippen LogP contribution in [-0.2, 0) is 42.2 Å². The van der Waals surface area contributed by atoms with Gasteiger partial charge in [0.2, 0.25) is 0 Å². The number of carbonyl (C=O) groups excluding carboxylic acids is 3. The van der Waals surface area contributed by atoms with Crippen molar-refractivity contribution in [2.75, 3.05) is 26.4 Å². The summed E-state index contributed by atoms with van der Waals surface area (Å²) < 4.78 is 39.5. The summed E-state index contributed by atoms with van der Waals surface area (Å²) in [4.78, 5) is 48.5. The number of unbranched alkanes of at least 4 members (excludes halogenated alkanes) is 29. The van der Waals surface area contributed by atoms with Gasteiger partial charge in [-0.1, -0.05) is 236 Å². The molecule has 0 radical (unpaired) electrons. The molecule has 0 spiro atoms. The Kier molecular flexibility index (Phi) is 54.2. The lowest BCUT2D eigenvalue weighted by atomic mass is 10.1. The van der Waals surface area contributed by atoms with Crippen LogP contribution in [0.2, 0.25) is 0 Å². The van der Waals surface area contributed by atoms with Gasteiger partial charge in [-0.25, -0.2) is 4.57 Å². The van der Waals surface area contributed by atoms with Gasteiger partial charge in [-0.3, -0.25) is 23.4 Å². The van der Waals surface area contributed by atoms with Gasteiger partial charge in [0.25, 0.3) is 0 Å². The average molecular weight is 1060 g/mol. The Bertz CT molecular complexity index is 1470. The first-order valence-corrected chi connectivity index (χ1v) is 31.7. The third-order valence-corrected chi connectivity index (χ3v) is 13.9. The largest absolute Gasteiger partial charge is 0.472 e. The predicted octanol–water partition coefficient (Wildman–Crippen LogP) is 17.9. The van der Waals surface area contributed by atoms with Crippen molar-refractivity contribution in [3.05, 3.63) is 60.8 Å². The minimum Gasteiger partial charge on any atom is -0.462 e. The van der Waals surface area contributed by atoms with Crippen LogP contribution >= 0.6 is 7.82 Å². The lowest BCUT2D eigenvalue weighted by Crippen LogP contribution is -2.30. The Hall–Kier alpha value is -2.82. The van der Waals surface area contributed by atoms with Gasteiger partial charge in [0, 0.05) is 19.3 Å². The van der Waals surface area contributed by atoms with Crippen molar-refractivity contribution in [3.8, 4) is 0 Å². The van der Waals surface area contributed by atoms with E-state index in [2.05, 4.69) is 81.5 Å². The first-order chi connectivity index (χ1) is 36.2. The van der Waals surface area contributed by atoms with Crippen molar-refractivity contribution in [1.29, 1.82) is 0 Å². The summed E-state index contributed by atoms with van der Waals surface area (Å²) in [6.07, 6.45) is 61.9. The van der Waals surface area contributed by atoms with Crippen molar-refractivity contribution < 1.29 is 52.2 Å². The third kappa shape index (κ3) is 54.0. The van der Waals surface area contributed by atoms with Crippen molar-refractivity contribution in [2.45, 2.75) is 290 Å².